The first-order valence-electron chi connectivity index (χ1n) is 6.75. The third kappa shape index (κ3) is 3.73. The SMILES string of the molecule is CC1(C)CC1NC(=O)NCCc1cccc(C(=O)O)c1. The Bertz CT molecular complexity index is 526. The predicted molar refractivity (Wildman–Crippen MR) is 75.8 cm³/mol. The minimum Gasteiger partial charge on any atom is -0.478 e. The number of carboxylic acid groups (broad SMARTS) is 1. The fourth-order valence-electron chi connectivity index (χ4n) is 2.10. The van der Waals surface area contributed by atoms with Crippen molar-refractivity contribution < 1.29 is 14.7 Å². The summed E-state index contributed by atoms with van der Waals surface area (Å²) in [5.74, 6) is -0.937. The van der Waals surface area contributed by atoms with Gasteiger partial charge in [-0.3, -0.25) is 0 Å². The molecule has 0 aromatic heterocycles. The van der Waals surface area contributed by atoms with E-state index < -0.39 is 5.97 Å². The van der Waals surface area contributed by atoms with Crippen molar-refractivity contribution in [2.24, 2.45) is 5.41 Å². The number of carbonyl (C=O) groups excluding carboxylic acids is 1. The third-order valence-corrected chi connectivity index (χ3v) is 3.69. The molecule has 1 atom stereocenters. The number of aromatic carboxylic acids is 1. The van der Waals surface area contributed by atoms with Crippen molar-refractivity contribution in [1.29, 1.82) is 0 Å². The summed E-state index contributed by atoms with van der Waals surface area (Å²) in [5.41, 5.74) is 1.39. The van der Waals surface area contributed by atoms with E-state index in [9.17, 15) is 9.59 Å². The minimum absolute atomic E-state index is 0.157. The molecule has 0 radical (unpaired) electrons. The summed E-state index contributed by atoms with van der Waals surface area (Å²) in [6.45, 7) is 4.73. The van der Waals surface area contributed by atoms with Gasteiger partial charge in [-0.1, -0.05) is 26.0 Å². The highest BCUT2D eigenvalue weighted by molar-refractivity contribution is 5.87. The fourth-order valence-corrected chi connectivity index (χ4v) is 2.10. The Morgan fingerprint density at radius 2 is 2.10 bits per heavy atom. The lowest BCUT2D eigenvalue weighted by molar-refractivity contribution is 0.0696. The maximum atomic E-state index is 11.6. The van der Waals surface area contributed by atoms with E-state index in [0.29, 0.717) is 13.0 Å². The number of nitrogens with one attached hydrogen (secondary N) is 2. The summed E-state index contributed by atoms with van der Waals surface area (Å²) in [5, 5.41) is 14.6. The topological polar surface area (TPSA) is 78.4 Å². The molecule has 1 aliphatic rings. The van der Waals surface area contributed by atoms with Crippen LogP contribution in [0.25, 0.3) is 0 Å². The number of urea groups is 1. The molecule has 5 nitrogen and oxygen atoms in total. The van der Waals surface area contributed by atoms with Crippen molar-refractivity contribution in [2.45, 2.75) is 32.7 Å². The Balaban J connectivity index is 1.74. The first kappa shape index (κ1) is 14.4. The number of rotatable bonds is 5. The molecule has 3 N–H and O–H groups in total. The van der Waals surface area contributed by atoms with E-state index in [1.54, 1.807) is 18.2 Å². The van der Waals surface area contributed by atoms with Gasteiger partial charge in [-0.15, -0.1) is 0 Å². The largest absolute Gasteiger partial charge is 0.478 e. The molecule has 1 fully saturated rings. The van der Waals surface area contributed by atoms with Crippen molar-refractivity contribution >= 4 is 12.0 Å². The van der Waals surface area contributed by atoms with Crippen molar-refractivity contribution in [2.75, 3.05) is 6.54 Å². The summed E-state index contributed by atoms with van der Waals surface area (Å²) in [7, 11) is 0. The molecule has 2 amide bonds. The monoisotopic (exact) mass is 276 g/mol. The summed E-state index contributed by atoms with van der Waals surface area (Å²) in [4.78, 5) is 22.5. The standard InChI is InChI=1S/C15H20N2O3/c1-15(2)9-12(15)17-14(20)16-7-6-10-4-3-5-11(8-10)13(18)19/h3-5,8,12H,6-7,9H2,1-2H3,(H,18,19)(H2,16,17,20). The number of carbonyl (C=O) groups is 2. The number of amides is 2. The maximum Gasteiger partial charge on any atom is 0.335 e. The van der Waals surface area contributed by atoms with Gasteiger partial charge in [0.15, 0.2) is 0 Å². The second-order valence-corrected chi connectivity index (χ2v) is 5.90. The molecule has 108 valence electrons. The molecule has 0 bridgehead atoms. The Morgan fingerprint density at radius 3 is 2.70 bits per heavy atom. The smallest absolute Gasteiger partial charge is 0.335 e. The van der Waals surface area contributed by atoms with Crippen LogP contribution in [0.4, 0.5) is 4.79 Å². The molecule has 0 heterocycles. The molecule has 1 aromatic carbocycles. The van der Waals surface area contributed by atoms with Crippen LogP contribution in [0, 0.1) is 5.41 Å². The lowest BCUT2D eigenvalue weighted by Crippen LogP contribution is -2.39. The van der Waals surface area contributed by atoms with Gasteiger partial charge in [0.05, 0.1) is 5.56 Å². The van der Waals surface area contributed by atoms with Crippen LogP contribution in [-0.4, -0.2) is 29.7 Å². The van der Waals surface area contributed by atoms with Gasteiger partial charge in [-0.05, 0) is 36.0 Å². The van der Waals surface area contributed by atoms with Gasteiger partial charge >= 0.3 is 12.0 Å². The normalized spacial score (nSPS) is 19.2. The minimum atomic E-state index is -0.937. The first-order chi connectivity index (χ1) is 9.38. The van der Waals surface area contributed by atoms with Gasteiger partial charge in [-0.25, -0.2) is 9.59 Å². The molecule has 1 unspecified atom stereocenters. The molecule has 1 saturated carbocycles. The zero-order valence-electron chi connectivity index (χ0n) is 11.8. The van der Waals surface area contributed by atoms with Gasteiger partial charge in [-0.2, -0.15) is 0 Å². The predicted octanol–water partition coefficient (Wildman–Crippen LogP) is 2.02. The first-order valence-corrected chi connectivity index (χ1v) is 6.75. The highest BCUT2D eigenvalue weighted by Gasteiger charge is 2.46. The fraction of sp³-hybridized carbons (Fsp3) is 0.467. The molecule has 5 heteroatoms. The van der Waals surface area contributed by atoms with Gasteiger partial charge < -0.3 is 15.7 Å². The Morgan fingerprint density at radius 1 is 1.40 bits per heavy atom. The van der Waals surface area contributed by atoms with E-state index in [1.165, 1.54) is 0 Å². The lowest BCUT2D eigenvalue weighted by Gasteiger charge is -2.09. The van der Waals surface area contributed by atoms with Crippen LogP contribution in [0.5, 0.6) is 0 Å². The number of hydrogen-bond acceptors (Lipinski definition) is 2. The van der Waals surface area contributed by atoms with Crippen LogP contribution in [0.3, 0.4) is 0 Å². The van der Waals surface area contributed by atoms with Crippen molar-refractivity contribution in [3.8, 4) is 0 Å². The molecular formula is C15H20N2O3. The summed E-state index contributed by atoms with van der Waals surface area (Å²) >= 11 is 0. The van der Waals surface area contributed by atoms with Crippen LogP contribution >= 0.6 is 0 Å². The van der Waals surface area contributed by atoms with E-state index in [1.807, 2.05) is 6.07 Å². The number of carboxylic acids is 1. The third-order valence-electron chi connectivity index (χ3n) is 3.69. The van der Waals surface area contributed by atoms with Crippen LogP contribution in [0.2, 0.25) is 0 Å². The lowest BCUT2D eigenvalue weighted by atomic mass is 10.1. The number of hydrogen-bond donors (Lipinski definition) is 3. The zero-order valence-corrected chi connectivity index (χ0v) is 11.8. The summed E-state index contributed by atoms with van der Waals surface area (Å²) < 4.78 is 0. The Labute approximate surface area is 118 Å². The molecule has 1 aromatic rings. The van der Waals surface area contributed by atoms with Gasteiger partial charge in [0.25, 0.3) is 0 Å². The quantitative estimate of drug-likeness (QED) is 0.770. The highest BCUT2D eigenvalue weighted by Crippen LogP contribution is 2.44. The molecule has 0 spiro atoms. The maximum absolute atomic E-state index is 11.6. The molecule has 20 heavy (non-hydrogen) atoms. The van der Waals surface area contributed by atoms with Gasteiger partial charge in [0, 0.05) is 12.6 Å². The van der Waals surface area contributed by atoms with Crippen molar-refractivity contribution in [1.82, 2.24) is 10.6 Å². The average Bonchev–Trinajstić information content (AvgIpc) is 2.96. The molecule has 2 rings (SSSR count). The zero-order chi connectivity index (χ0) is 14.8. The average molecular weight is 276 g/mol. The second kappa shape index (κ2) is 5.53. The van der Waals surface area contributed by atoms with Crippen molar-refractivity contribution in [3.63, 3.8) is 0 Å². The van der Waals surface area contributed by atoms with Crippen LogP contribution < -0.4 is 10.6 Å². The molecule has 1 aliphatic carbocycles. The summed E-state index contributed by atoms with van der Waals surface area (Å²) in [6.07, 6.45) is 1.63. The highest BCUT2D eigenvalue weighted by atomic mass is 16.4. The van der Waals surface area contributed by atoms with Crippen LogP contribution in [0.1, 0.15) is 36.2 Å². The number of benzene rings is 1. The van der Waals surface area contributed by atoms with Crippen LogP contribution in [-0.2, 0) is 6.42 Å². The summed E-state index contributed by atoms with van der Waals surface area (Å²) in [6, 6.07) is 6.86. The van der Waals surface area contributed by atoms with E-state index in [2.05, 4.69) is 24.5 Å². The van der Waals surface area contributed by atoms with Crippen LogP contribution in [0.15, 0.2) is 24.3 Å². The van der Waals surface area contributed by atoms with E-state index in [-0.39, 0.29) is 23.1 Å². The van der Waals surface area contributed by atoms with Gasteiger partial charge in [0.1, 0.15) is 0 Å². The molecular weight excluding hydrogens is 256 g/mol. The van der Waals surface area contributed by atoms with E-state index >= 15 is 0 Å². The molecule has 0 saturated heterocycles. The van der Waals surface area contributed by atoms with Crippen molar-refractivity contribution in [3.05, 3.63) is 35.4 Å². The van der Waals surface area contributed by atoms with Gasteiger partial charge in [0.2, 0.25) is 0 Å². The molecule has 0 aliphatic heterocycles. The van der Waals surface area contributed by atoms with E-state index in [4.69, 9.17) is 5.11 Å². The Hall–Kier alpha value is -2.04. The van der Waals surface area contributed by atoms with E-state index in [0.717, 1.165) is 12.0 Å². The Kier molecular flexibility index (Phi) is 3.97. The second-order valence-electron chi connectivity index (χ2n) is 5.90.